The van der Waals surface area contributed by atoms with Gasteiger partial charge in [-0.25, -0.2) is 4.79 Å². The van der Waals surface area contributed by atoms with Crippen LogP contribution in [-0.2, 0) is 24.0 Å². The van der Waals surface area contributed by atoms with Gasteiger partial charge < -0.3 is 26.2 Å². The van der Waals surface area contributed by atoms with Crippen molar-refractivity contribution in [3.05, 3.63) is 24.9 Å². The Morgan fingerprint density at radius 2 is 1.58 bits per heavy atom. The third kappa shape index (κ3) is 10.8. The number of rotatable bonds is 16. The van der Waals surface area contributed by atoms with Crippen LogP contribution in [0.5, 0.6) is 0 Å². The van der Waals surface area contributed by atoms with Gasteiger partial charge in [-0.1, -0.05) is 100 Å². The van der Waals surface area contributed by atoms with Crippen LogP contribution in [0.3, 0.4) is 0 Å². The molecule has 4 N–H and O–H groups in total. The van der Waals surface area contributed by atoms with Gasteiger partial charge in [-0.15, -0.1) is 6.58 Å². The first kappa shape index (κ1) is 44.0. The number of piperidine rings is 1. The van der Waals surface area contributed by atoms with Crippen molar-refractivity contribution in [1.29, 1.82) is 0 Å². The number of Topliss-reactive ketones (excluding diaryl/α,β-unsaturated/α-hetero) is 1. The van der Waals surface area contributed by atoms with Crippen LogP contribution in [-0.4, -0.2) is 89.0 Å². The number of imide groups is 1. The molecule has 12 nitrogen and oxygen atoms in total. The van der Waals surface area contributed by atoms with E-state index in [0.29, 0.717) is 18.7 Å². The predicted molar refractivity (Wildman–Crippen MR) is 214 cm³/mol. The van der Waals surface area contributed by atoms with Gasteiger partial charge in [-0.3, -0.25) is 28.9 Å². The van der Waals surface area contributed by atoms with Crippen LogP contribution in [0.4, 0.5) is 4.79 Å². The molecule has 4 rings (SSSR count). The molecule has 0 aromatic rings. The van der Waals surface area contributed by atoms with Crippen LogP contribution < -0.4 is 21.3 Å². The normalized spacial score (nSPS) is 25.3. The van der Waals surface area contributed by atoms with Crippen LogP contribution in [0, 0.1) is 34.0 Å². The van der Waals surface area contributed by atoms with Gasteiger partial charge in [-0.05, 0) is 66.1 Å². The van der Waals surface area contributed by atoms with Crippen molar-refractivity contribution in [2.75, 3.05) is 19.6 Å². The minimum absolute atomic E-state index is 0.0240. The Kier molecular flexibility index (Phi) is 14.4. The molecule has 12 heteroatoms. The second-order valence-corrected chi connectivity index (χ2v) is 19.3. The molecule has 0 aromatic carbocycles. The number of unbranched alkanes of at least 4 members (excludes halogenated alkanes) is 1. The molecule has 55 heavy (non-hydrogen) atoms. The van der Waals surface area contributed by atoms with Crippen molar-refractivity contribution in [3.8, 4) is 0 Å². The molecule has 0 spiro atoms. The van der Waals surface area contributed by atoms with Gasteiger partial charge in [0.25, 0.3) is 5.91 Å². The lowest BCUT2D eigenvalue weighted by atomic mass is 9.79. The van der Waals surface area contributed by atoms with Crippen LogP contribution in [0.1, 0.15) is 132 Å². The Hall–Kier alpha value is -3.70. The van der Waals surface area contributed by atoms with E-state index < -0.39 is 52.7 Å². The van der Waals surface area contributed by atoms with E-state index in [1.807, 2.05) is 46.4 Å². The molecule has 0 bridgehead atoms. The summed E-state index contributed by atoms with van der Waals surface area (Å²) in [5.74, 6) is -1.69. The Balaban J connectivity index is 1.60. The Morgan fingerprint density at radius 3 is 2.16 bits per heavy atom. The number of carbonyl (C=O) groups excluding carboxylic acids is 6. The summed E-state index contributed by atoms with van der Waals surface area (Å²) in [6.45, 7) is 25.0. The molecule has 4 aliphatic rings. The summed E-state index contributed by atoms with van der Waals surface area (Å²) in [6.07, 6.45) is 10.5. The van der Waals surface area contributed by atoms with E-state index in [2.05, 4.69) is 48.3 Å². The summed E-state index contributed by atoms with van der Waals surface area (Å²) in [4.78, 5) is 84.7. The van der Waals surface area contributed by atoms with Crippen molar-refractivity contribution in [1.82, 2.24) is 31.1 Å². The maximum Gasteiger partial charge on any atom is 0.315 e. The fourth-order valence-electron chi connectivity index (χ4n) is 9.39. The van der Waals surface area contributed by atoms with Gasteiger partial charge in [0.1, 0.15) is 6.04 Å². The zero-order chi connectivity index (χ0) is 40.9. The zero-order valence-electron chi connectivity index (χ0n) is 35.0. The molecule has 2 saturated heterocycles. The lowest BCUT2D eigenvalue weighted by Crippen LogP contribution is -2.61. The van der Waals surface area contributed by atoms with Crippen molar-refractivity contribution in [2.45, 2.75) is 157 Å². The number of nitrogens with zero attached hydrogens (tertiary/aromatic N) is 2. The first-order chi connectivity index (χ1) is 25.7. The zero-order valence-corrected chi connectivity index (χ0v) is 35.0. The number of hydrogen-bond acceptors (Lipinski definition) is 7. The van der Waals surface area contributed by atoms with Crippen molar-refractivity contribution in [3.63, 3.8) is 0 Å². The summed E-state index contributed by atoms with van der Waals surface area (Å²) >= 11 is 0. The molecule has 6 amide bonds. The van der Waals surface area contributed by atoms with Crippen LogP contribution >= 0.6 is 0 Å². The molecular weight excluding hydrogens is 697 g/mol. The van der Waals surface area contributed by atoms with Crippen LogP contribution in [0.15, 0.2) is 24.9 Å². The molecule has 308 valence electrons. The number of likely N-dealkylation sites (tertiary alicyclic amines) is 2. The van der Waals surface area contributed by atoms with Gasteiger partial charge in [0.2, 0.25) is 23.5 Å². The summed E-state index contributed by atoms with van der Waals surface area (Å²) in [5, 5.41) is 12.1. The van der Waals surface area contributed by atoms with E-state index >= 15 is 4.79 Å². The molecule has 0 radical (unpaired) electrons. The van der Waals surface area contributed by atoms with E-state index in [9.17, 15) is 24.0 Å². The average Bonchev–Trinajstić information content (AvgIpc) is 3.64. The fourth-order valence-corrected chi connectivity index (χ4v) is 9.39. The highest BCUT2D eigenvalue weighted by molar-refractivity contribution is 6.38. The molecule has 2 saturated carbocycles. The predicted octanol–water partition coefficient (Wildman–Crippen LogP) is 5.62. The number of nitrogens with one attached hydrogen (secondary N) is 4. The molecule has 4 fully saturated rings. The fraction of sp³-hybridized carbons (Fsp3) is 0.767. The number of urea groups is 1. The SMILES string of the molecule is C=CCNC(=O)C(=O)C(CCCC)NC(=C)[C@@H]1[C@H]2CCC(C)(C)[C@H]2CN1C(=O)[C@@H](NC(=O)N[C@H](CN1C(=O)CC(C)(C)CC1=O)C(C)(C)C)C1CCCCC1. The molecule has 2 heterocycles. The van der Waals surface area contributed by atoms with Gasteiger partial charge in [0.15, 0.2) is 0 Å². The van der Waals surface area contributed by atoms with Gasteiger partial charge in [0.05, 0.1) is 18.1 Å². The van der Waals surface area contributed by atoms with E-state index in [1.165, 1.54) is 11.0 Å². The molecule has 2 aliphatic carbocycles. The quantitative estimate of drug-likeness (QED) is 0.0903. The number of amides is 6. The summed E-state index contributed by atoms with van der Waals surface area (Å²) < 4.78 is 0. The van der Waals surface area contributed by atoms with Gasteiger partial charge in [0, 0.05) is 38.2 Å². The molecule has 6 atom stereocenters. The van der Waals surface area contributed by atoms with Crippen LogP contribution in [0.25, 0.3) is 0 Å². The van der Waals surface area contributed by atoms with Crippen molar-refractivity contribution < 1.29 is 28.8 Å². The highest BCUT2D eigenvalue weighted by atomic mass is 16.2. The summed E-state index contributed by atoms with van der Waals surface area (Å²) in [6, 6.07) is -3.09. The second-order valence-electron chi connectivity index (χ2n) is 19.3. The number of carbonyl (C=O) groups is 6. The van der Waals surface area contributed by atoms with Crippen molar-refractivity contribution >= 4 is 35.4 Å². The average molecular weight is 767 g/mol. The van der Waals surface area contributed by atoms with Crippen LogP contribution in [0.2, 0.25) is 0 Å². The highest BCUT2D eigenvalue weighted by Gasteiger charge is 2.55. The number of ketones is 1. The van der Waals surface area contributed by atoms with E-state index in [1.54, 1.807) is 0 Å². The smallest absolute Gasteiger partial charge is 0.315 e. The lowest BCUT2D eigenvalue weighted by molar-refractivity contribution is -0.153. The number of hydrogen-bond donors (Lipinski definition) is 4. The lowest BCUT2D eigenvalue weighted by Gasteiger charge is -2.40. The Morgan fingerprint density at radius 1 is 0.945 bits per heavy atom. The minimum atomic E-state index is -0.806. The third-order valence-corrected chi connectivity index (χ3v) is 12.8. The summed E-state index contributed by atoms with van der Waals surface area (Å²) in [7, 11) is 0. The Bertz CT molecular complexity index is 1460. The standard InChI is InChI=1S/C43H70N6O6/c1-11-13-19-31(37(52)38(53)44-22-12-2)45-27(3)36-29-20-21-43(9,10)30(29)25-49(36)39(54)35(28-17-15-14-16-18-28)47-40(55)46-32(41(4,5)6)26-48-33(50)23-42(7,8)24-34(48)51/h12,28-32,35-36,45H,2-3,11,13-26H2,1,4-10H3,(H,44,53)(H2,46,47,55)/t29-,30-,31?,32+,35-,36+/m0/s1. The topological polar surface area (TPSA) is 157 Å². The van der Waals surface area contributed by atoms with E-state index in [0.717, 1.165) is 57.8 Å². The largest absolute Gasteiger partial charge is 0.377 e. The maximum absolute atomic E-state index is 15.1. The first-order valence-corrected chi connectivity index (χ1v) is 20.8. The molecule has 2 aliphatic heterocycles. The Labute approximate surface area is 329 Å². The van der Waals surface area contributed by atoms with Crippen molar-refractivity contribution in [2.24, 2.45) is 34.0 Å². The number of fused-ring (bicyclic) bond motifs is 1. The second kappa shape index (κ2) is 18.0. The van der Waals surface area contributed by atoms with E-state index in [4.69, 9.17) is 0 Å². The third-order valence-electron chi connectivity index (χ3n) is 12.8. The van der Waals surface area contributed by atoms with E-state index in [-0.39, 0.29) is 66.8 Å². The minimum Gasteiger partial charge on any atom is -0.377 e. The molecule has 1 unspecified atom stereocenters. The maximum atomic E-state index is 15.1. The highest BCUT2D eigenvalue weighted by Crippen LogP contribution is 2.54. The molecular formula is C43H70N6O6. The van der Waals surface area contributed by atoms with Gasteiger partial charge in [-0.2, -0.15) is 0 Å². The molecule has 0 aromatic heterocycles. The monoisotopic (exact) mass is 767 g/mol. The summed E-state index contributed by atoms with van der Waals surface area (Å²) in [5.41, 5.74) is -0.392. The van der Waals surface area contributed by atoms with Gasteiger partial charge >= 0.3 is 6.03 Å². The first-order valence-electron chi connectivity index (χ1n) is 20.8.